The molecule has 1 unspecified atom stereocenters. The van der Waals surface area contributed by atoms with Gasteiger partial charge in [0.05, 0.1) is 16.7 Å². The number of benzene rings is 1. The molecule has 0 bridgehead atoms. The second kappa shape index (κ2) is 7.23. The number of carbonyl (C=O) groups excluding carboxylic acids is 2. The fourth-order valence-electron chi connectivity index (χ4n) is 3.25. The number of hydrogen-bond donors (Lipinski definition) is 1. The molecule has 0 spiro atoms. The molecule has 1 heterocycles. The van der Waals surface area contributed by atoms with Gasteiger partial charge in [0, 0.05) is 29.9 Å². The van der Waals surface area contributed by atoms with Gasteiger partial charge in [-0.1, -0.05) is 23.2 Å². The summed E-state index contributed by atoms with van der Waals surface area (Å²) in [6, 6.07) is 6.42. The average Bonchev–Trinajstić information content (AvgIpc) is 3.18. The lowest BCUT2D eigenvalue weighted by molar-refractivity contribution is -0.125. The maximum atomic E-state index is 12.8. The van der Waals surface area contributed by atoms with Crippen LogP contribution in [0.3, 0.4) is 0 Å². The Hall–Kier alpha value is -1.77. The first-order chi connectivity index (χ1) is 12.0. The van der Waals surface area contributed by atoms with Crippen LogP contribution in [0.1, 0.15) is 42.5 Å². The van der Waals surface area contributed by atoms with E-state index in [1.807, 2.05) is 0 Å². The van der Waals surface area contributed by atoms with Gasteiger partial charge in [-0.15, -0.1) is 0 Å². The van der Waals surface area contributed by atoms with E-state index in [2.05, 4.69) is 11.4 Å². The largest absolute Gasteiger partial charge is 0.354 e. The summed E-state index contributed by atoms with van der Waals surface area (Å²) in [4.78, 5) is 27.0. The minimum absolute atomic E-state index is 0.0614. The zero-order valence-corrected chi connectivity index (χ0v) is 15.2. The van der Waals surface area contributed by atoms with Gasteiger partial charge in [0.1, 0.15) is 6.04 Å². The molecule has 1 N–H and O–H groups in total. The predicted octanol–water partition coefficient (Wildman–Crippen LogP) is 3.41. The van der Waals surface area contributed by atoms with Crippen molar-refractivity contribution in [1.82, 2.24) is 10.2 Å². The number of nitrogens with zero attached hydrogens (tertiary/aromatic N) is 2. The van der Waals surface area contributed by atoms with Gasteiger partial charge in [0.25, 0.3) is 5.91 Å². The molecule has 1 aliphatic carbocycles. The predicted molar refractivity (Wildman–Crippen MR) is 95.4 cm³/mol. The summed E-state index contributed by atoms with van der Waals surface area (Å²) in [7, 11) is 0. The topological polar surface area (TPSA) is 73.2 Å². The minimum Gasteiger partial charge on any atom is -0.354 e. The van der Waals surface area contributed by atoms with Crippen molar-refractivity contribution in [3.63, 3.8) is 0 Å². The molecule has 2 aliphatic rings. The van der Waals surface area contributed by atoms with Crippen LogP contribution in [-0.4, -0.2) is 35.8 Å². The molecule has 0 radical (unpaired) electrons. The van der Waals surface area contributed by atoms with E-state index in [1.165, 1.54) is 6.07 Å². The summed E-state index contributed by atoms with van der Waals surface area (Å²) in [6.45, 7) is 1.01. The van der Waals surface area contributed by atoms with E-state index >= 15 is 0 Å². The van der Waals surface area contributed by atoms with Crippen molar-refractivity contribution in [2.75, 3.05) is 13.1 Å². The fraction of sp³-hybridized carbons (Fsp3) is 0.500. The highest BCUT2D eigenvalue weighted by molar-refractivity contribution is 6.35. The summed E-state index contributed by atoms with van der Waals surface area (Å²) in [5.41, 5.74) is 0.255. The molecular weight excluding hydrogens is 361 g/mol. The van der Waals surface area contributed by atoms with E-state index in [1.54, 1.807) is 17.0 Å². The van der Waals surface area contributed by atoms with Gasteiger partial charge < -0.3 is 10.2 Å². The molecule has 5 nitrogen and oxygen atoms in total. The quantitative estimate of drug-likeness (QED) is 0.851. The van der Waals surface area contributed by atoms with E-state index < -0.39 is 6.04 Å². The summed E-state index contributed by atoms with van der Waals surface area (Å²) in [5, 5.41) is 12.6. The number of hydrogen-bond acceptors (Lipinski definition) is 3. The van der Waals surface area contributed by atoms with Crippen molar-refractivity contribution in [2.24, 2.45) is 5.41 Å². The number of halogens is 2. The third-order valence-electron chi connectivity index (χ3n) is 5.02. The molecule has 3 rings (SSSR count). The van der Waals surface area contributed by atoms with E-state index in [9.17, 15) is 9.59 Å². The highest BCUT2D eigenvalue weighted by Gasteiger charge is 2.43. The molecule has 1 saturated carbocycles. The number of amides is 2. The summed E-state index contributed by atoms with van der Waals surface area (Å²) < 4.78 is 0. The normalized spacial score (nSPS) is 20.8. The number of nitriles is 1. The Morgan fingerprint density at radius 1 is 1.36 bits per heavy atom. The molecule has 1 aliphatic heterocycles. The van der Waals surface area contributed by atoms with Gasteiger partial charge in [-0.05, 0) is 43.9 Å². The zero-order chi connectivity index (χ0) is 18.0. The maximum absolute atomic E-state index is 12.8. The van der Waals surface area contributed by atoms with Crippen LogP contribution in [0.25, 0.3) is 0 Å². The van der Waals surface area contributed by atoms with Crippen molar-refractivity contribution >= 4 is 35.0 Å². The third-order valence-corrected chi connectivity index (χ3v) is 5.59. The number of likely N-dealkylation sites (tertiary alicyclic amines) is 1. The van der Waals surface area contributed by atoms with Crippen LogP contribution in [0.2, 0.25) is 10.0 Å². The van der Waals surface area contributed by atoms with Gasteiger partial charge in [0.2, 0.25) is 5.91 Å². The summed E-state index contributed by atoms with van der Waals surface area (Å²) in [6.07, 6.45) is 3.78. The van der Waals surface area contributed by atoms with Crippen LogP contribution in [0.15, 0.2) is 18.2 Å². The monoisotopic (exact) mass is 379 g/mol. The average molecular weight is 380 g/mol. The van der Waals surface area contributed by atoms with Gasteiger partial charge in [0.15, 0.2) is 0 Å². The molecule has 1 atom stereocenters. The van der Waals surface area contributed by atoms with Crippen LogP contribution < -0.4 is 5.32 Å². The standard InChI is InChI=1S/C18H19Cl2N3O2/c19-12-3-4-14(20)13(10-12)17(25)23-9-1-2-15(23)16(24)22-11-18(5-6-18)7-8-21/h3-4,10,15H,1-2,5-7,9,11H2,(H,22,24). The molecule has 25 heavy (non-hydrogen) atoms. The smallest absolute Gasteiger partial charge is 0.256 e. The number of rotatable bonds is 5. The zero-order valence-electron chi connectivity index (χ0n) is 13.7. The van der Waals surface area contributed by atoms with Crippen LogP contribution in [-0.2, 0) is 4.79 Å². The Morgan fingerprint density at radius 2 is 2.12 bits per heavy atom. The van der Waals surface area contributed by atoms with Crippen molar-refractivity contribution in [1.29, 1.82) is 5.26 Å². The van der Waals surface area contributed by atoms with E-state index in [0.29, 0.717) is 41.5 Å². The highest BCUT2D eigenvalue weighted by atomic mass is 35.5. The molecule has 1 saturated heterocycles. The molecule has 0 aromatic heterocycles. The van der Waals surface area contributed by atoms with Crippen molar-refractivity contribution in [3.05, 3.63) is 33.8 Å². The van der Waals surface area contributed by atoms with E-state index in [0.717, 1.165) is 19.3 Å². The van der Waals surface area contributed by atoms with Gasteiger partial charge >= 0.3 is 0 Å². The first kappa shape index (κ1) is 18.0. The molecule has 7 heteroatoms. The minimum atomic E-state index is -0.500. The third kappa shape index (κ3) is 3.91. The van der Waals surface area contributed by atoms with E-state index in [4.69, 9.17) is 28.5 Å². The number of nitrogens with one attached hydrogen (secondary N) is 1. The Balaban J connectivity index is 1.67. The van der Waals surface area contributed by atoms with Crippen LogP contribution in [0.4, 0.5) is 0 Å². The second-order valence-corrected chi connectivity index (χ2v) is 7.68. The Morgan fingerprint density at radius 3 is 2.80 bits per heavy atom. The van der Waals surface area contributed by atoms with Gasteiger partial charge in [-0.2, -0.15) is 5.26 Å². The van der Waals surface area contributed by atoms with Crippen molar-refractivity contribution in [2.45, 2.75) is 38.1 Å². The summed E-state index contributed by atoms with van der Waals surface area (Å²) in [5.74, 6) is -0.434. The molecule has 132 valence electrons. The van der Waals surface area contributed by atoms with Gasteiger partial charge in [-0.3, -0.25) is 9.59 Å². The first-order valence-electron chi connectivity index (χ1n) is 8.36. The maximum Gasteiger partial charge on any atom is 0.256 e. The molecule has 1 aromatic rings. The lowest BCUT2D eigenvalue weighted by atomic mass is 10.0. The SMILES string of the molecule is N#CCC1(CNC(=O)C2CCCN2C(=O)c2cc(Cl)ccc2Cl)CC1. The number of carbonyl (C=O) groups is 2. The van der Waals surface area contributed by atoms with Crippen molar-refractivity contribution < 1.29 is 9.59 Å². The first-order valence-corrected chi connectivity index (χ1v) is 9.12. The lowest BCUT2D eigenvalue weighted by Crippen LogP contribution is -2.47. The van der Waals surface area contributed by atoms with Crippen LogP contribution in [0.5, 0.6) is 0 Å². The van der Waals surface area contributed by atoms with Gasteiger partial charge in [-0.25, -0.2) is 0 Å². The fourth-order valence-corrected chi connectivity index (χ4v) is 3.62. The van der Waals surface area contributed by atoms with Crippen molar-refractivity contribution in [3.8, 4) is 6.07 Å². The van der Waals surface area contributed by atoms with Crippen LogP contribution in [0, 0.1) is 16.7 Å². The Labute approximate surface area is 156 Å². The molecule has 1 aromatic carbocycles. The Bertz CT molecular complexity index is 740. The molecule has 2 amide bonds. The van der Waals surface area contributed by atoms with E-state index in [-0.39, 0.29) is 17.2 Å². The Kier molecular flexibility index (Phi) is 5.21. The molecular formula is C18H19Cl2N3O2. The highest BCUT2D eigenvalue weighted by Crippen LogP contribution is 2.47. The molecule has 2 fully saturated rings. The second-order valence-electron chi connectivity index (χ2n) is 6.83. The lowest BCUT2D eigenvalue weighted by Gasteiger charge is -2.25. The van der Waals surface area contributed by atoms with Crippen LogP contribution >= 0.6 is 23.2 Å². The summed E-state index contributed by atoms with van der Waals surface area (Å²) >= 11 is 12.1.